The smallest absolute Gasteiger partial charge is 0.271 e. The third kappa shape index (κ3) is 3.13. The van der Waals surface area contributed by atoms with Crippen molar-refractivity contribution in [2.45, 2.75) is 32.2 Å². The summed E-state index contributed by atoms with van der Waals surface area (Å²) in [7, 11) is 0. The molecule has 1 atom stereocenters. The van der Waals surface area contributed by atoms with Crippen molar-refractivity contribution in [1.82, 2.24) is 10.1 Å². The predicted octanol–water partition coefficient (Wildman–Crippen LogP) is 2.61. The molecule has 0 aliphatic carbocycles. The number of rotatable bonds is 3. The maximum absolute atomic E-state index is 13.2. The molecule has 0 radical (unpaired) electrons. The van der Waals surface area contributed by atoms with Crippen molar-refractivity contribution in [2.75, 3.05) is 11.4 Å². The first-order chi connectivity index (χ1) is 10.8. The fourth-order valence-electron chi connectivity index (χ4n) is 2.20. The van der Waals surface area contributed by atoms with E-state index >= 15 is 0 Å². The van der Waals surface area contributed by atoms with E-state index in [1.165, 1.54) is 24.5 Å². The minimum absolute atomic E-state index is 0.234. The van der Waals surface area contributed by atoms with Crippen molar-refractivity contribution in [1.29, 1.82) is 0 Å². The Bertz CT molecular complexity index is 763. The highest BCUT2D eigenvalue weighted by Gasteiger charge is 2.30. The molecule has 7 heteroatoms. The van der Waals surface area contributed by atoms with Gasteiger partial charge in [0.05, 0.1) is 12.9 Å². The van der Waals surface area contributed by atoms with Crippen molar-refractivity contribution in [3.8, 4) is 0 Å². The average molecular weight is 316 g/mol. The summed E-state index contributed by atoms with van der Waals surface area (Å²) >= 11 is 0. The van der Waals surface area contributed by atoms with Crippen LogP contribution < -0.4 is 4.90 Å². The Labute approximate surface area is 133 Å². The van der Waals surface area contributed by atoms with Crippen LogP contribution in [0.3, 0.4) is 0 Å². The van der Waals surface area contributed by atoms with Crippen LogP contribution in [0.5, 0.6) is 0 Å². The molecule has 23 heavy (non-hydrogen) atoms. The summed E-state index contributed by atoms with van der Waals surface area (Å²) < 4.78 is 18.5. The molecule has 0 fully saturated rings. The number of hydrogen-bond donors (Lipinski definition) is 0. The Hall–Kier alpha value is -2.57. The average Bonchev–Trinajstić information content (AvgIpc) is 3.14. The van der Waals surface area contributed by atoms with Crippen LogP contribution in [-0.2, 0) is 5.41 Å². The lowest BCUT2D eigenvalue weighted by atomic mass is 9.97. The molecule has 6 nitrogen and oxygen atoms in total. The molecule has 1 aromatic heterocycles. The van der Waals surface area contributed by atoms with Gasteiger partial charge in [-0.15, -0.1) is 0 Å². The lowest BCUT2D eigenvalue weighted by molar-refractivity contribution is 0.0967. The summed E-state index contributed by atoms with van der Waals surface area (Å²) in [5.41, 5.74) is 0.0521. The molecule has 0 amide bonds. The van der Waals surface area contributed by atoms with Crippen molar-refractivity contribution in [3.63, 3.8) is 0 Å². The maximum Gasteiger partial charge on any atom is 0.271 e. The third-order valence-corrected chi connectivity index (χ3v) is 3.48. The zero-order chi connectivity index (χ0) is 16.6. The largest absolute Gasteiger partial charge is 0.337 e. The number of ketones is 1. The number of carbonyl (C=O) groups is 1. The van der Waals surface area contributed by atoms with Crippen LogP contribution in [0.4, 0.5) is 10.3 Å². The maximum atomic E-state index is 13.2. The molecule has 1 unspecified atom stereocenters. The Balaban J connectivity index is 1.73. The van der Waals surface area contributed by atoms with Gasteiger partial charge < -0.3 is 4.52 Å². The summed E-state index contributed by atoms with van der Waals surface area (Å²) in [6.45, 7) is 6.22. The summed E-state index contributed by atoms with van der Waals surface area (Å²) in [4.78, 5) is 22.5. The molecule has 1 aromatic carbocycles. The standard InChI is InChI=1S/C16H17FN4O2/c1-16(2,3)14-19-15(20-23-14)21-8-12(18-9-21)13(22)10-5-4-6-11(17)7-10/h4-7,9,12H,8H2,1-3H3. The van der Waals surface area contributed by atoms with Gasteiger partial charge in [-0.1, -0.05) is 32.9 Å². The number of Topliss-reactive ketones (excluding diaryl/α,β-unsaturated/α-hetero) is 1. The summed E-state index contributed by atoms with van der Waals surface area (Å²) in [6, 6.07) is 5.00. The van der Waals surface area contributed by atoms with Crippen molar-refractivity contribution >= 4 is 18.1 Å². The number of anilines is 1. The number of halogens is 1. The van der Waals surface area contributed by atoms with Crippen LogP contribution in [-0.4, -0.2) is 34.8 Å². The first kappa shape index (κ1) is 15.3. The second kappa shape index (κ2) is 5.57. The highest BCUT2D eigenvalue weighted by molar-refractivity contribution is 6.03. The van der Waals surface area contributed by atoms with Gasteiger partial charge in [-0.05, 0) is 17.3 Å². The Morgan fingerprint density at radius 2 is 2.17 bits per heavy atom. The molecular weight excluding hydrogens is 299 g/mol. The number of hydrogen-bond acceptors (Lipinski definition) is 6. The topological polar surface area (TPSA) is 71.6 Å². The Morgan fingerprint density at radius 1 is 1.39 bits per heavy atom. The molecule has 0 saturated heterocycles. The first-order valence-electron chi connectivity index (χ1n) is 7.28. The Kier molecular flexibility index (Phi) is 3.71. The molecule has 2 aromatic rings. The van der Waals surface area contributed by atoms with Crippen molar-refractivity contribution in [2.24, 2.45) is 4.99 Å². The van der Waals surface area contributed by atoms with E-state index in [-0.39, 0.29) is 11.2 Å². The molecule has 120 valence electrons. The van der Waals surface area contributed by atoms with Gasteiger partial charge in [0, 0.05) is 11.0 Å². The summed E-state index contributed by atoms with van der Waals surface area (Å²) in [6.07, 6.45) is 1.51. The fraction of sp³-hybridized carbons (Fsp3) is 0.375. The van der Waals surface area contributed by atoms with E-state index < -0.39 is 11.9 Å². The van der Waals surface area contributed by atoms with E-state index in [1.54, 1.807) is 11.0 Å². The minimum Gasteiger partial charge on any atom is -0.337 e. The fourth-order valence-corrected chi connectivity index (χ4v) is 2.20. The zero-order valence-corrected chi connectivity index (χ0v) is 13.2. The van der Waals surface area contributed by atoms with E-state index in [0.717, 1.165) is 0 Å². The zero-order valence-electron chi connectivity index (χ0n) is 13.2. The lowest BCUT2D eigenvalue weighted by Crippen LogP contribution is -2.29. The number of nitrogens with zero attached hydrogens (tertiary/aromatic N) is 4. The van der Waals surface area contributed by atoms with Gasteiger partial charge in [0.15, 0.2) is 5.78 Å². The number of carbonyl (C=O) groups excluding carboxylic acids is 1. The molecule has 1 aliphatic heterocycles. The second-order valence-electron chi connectivity index (χ2n) is 6.46. The van der Waals surface area contributed by atoms with Gasteiger partial charge in [0.2, 0.25) is 5.89 Å². The van der Waals surface area contributed by atoms with E-state index in [9.17, 15) is 9.18 Å². The SMILES string of the molecule is CC(C)(C)c1nc(N2C=NC(C(=O)c3cccc(F)c3)C2)no1. The lowest BCUT2D eigenvalue weighted by Gasteiger charge is -2.12. The Morgan fingerprint density at radius 3 is 2.83 bits per heavy atom. The second-order valence-corrected chi connectivity index (χ2v) is 6.46. The predicted molar refractivity (Wildman–Crippen MR) is 83.4 cm³/mol. The minimum atomic E-state index is -0.603. The monoisotopic (exact) mass is 316 g/mol. The van der Waals surface area contributed by atoms with Gasteiger partial charge in [0.25, 0.3) is 5.95 Å². The van der Waals surface area contributed by atoms with Gasteiger partial charge in [0.1, 0.15) is 11.9 Å². The number of aliphatic imine (C=N–C) groups is 1. The van der Waals surface area contributed by atoms with Crippen LogP contribution in [0, 0.1) is 5.82 Å². The van der Waals surface area contributed by atoms with Crippen molar-refractivity contribution < 1.29 is 13.7 Å². The molecule has 1 aliphatic rings. The van der Waals surface area contributed by atoms with E-state index in [2.05, 4.69) is 15.1 Å². The van der Waals surface area contributed by atoms with Crippen LogP contribution >= 0.6 is 0 Å². The van der Waals surface area contributed by atoms with Crippen LogP contribution in [0.2, 0.25) is 0 Å². The molecule has 2 heterocycles. The molecule has 3 rings (SSSR count). The molecular formula is C16H17FN4O2. The highest BCUT2D eigenvalue weighted by atomic mass is 19.1. The molecule has 0 N–H and O–H groups in total. The van der Waals surface area contributed by atoms with Gasteiger partial charge >= 0.3 is 0 Å². The van der Waals surface area contributed by atoms with E-state index in [0.29, 0.717) is 23.9 Å². The molecule has 0 saturated carbocycles. The first-order valence-corrected chi connectivity index (χ1v) is 7.28. The molecule has 0 spiro atoms. The highest BCUT2D eigenvalue weighted by Crippen LogP contribution is 2.23. The van der Waals surface area contributed by atoms with Crippen molar-refractivity contribution in [3.05, 3.63) is 41.5 Å². The van der Waals surface area contributed by atoms with E-state index in [1.807, 2.05) is 20.8 Å². The van der Waals surface area contributed by atoms with Gasteiger partial charge in [-0.25, -0.2) is 4.39 Å². The summed E-state index contributed by atoms with van der Waals surface area (Å²) in [5.74, 6) is 0.208. The normalized spacial score (nSPS) is 17.7. The molecule has 0 bridgehead atoms. The van der Waals surface area contributed by atoms with Crippen LogP contribution in [0.1, 0.15) is 37.0 Å². The quantitative estimate of drug-likeness (QED) is 0.814. The van der Waals surface area contributed by atoms with Gasteiger partial charge in [-0.3, -0.25) is 14.7 Å². The van der Waals surface area contributed by atoms with Crippen LogP contribution in [0.15, 0.2) is 33.8 Å². The third-order valence-electron chi connectivity index (χ3n) is 3.48. The van der Waals surface area contributed by atoms with Crippen LogP contribution in [0.25, 0.3) is 0 Å². The van der Waals surface area contributed by atoms with Gasteiger partial charge in [-0.2, -0.15) is 4.98 Å². The van der Waals surface area contributed by atoms with E-state index in [4.69, 9.17) is 4.52 Å². The number of benzene rings is 1. The summed E-state index contributed by atoms with van der Waals surface area (Å²) in [5, 5.41) is 3.92. The number of aromatic nitrogens is 2.